The Morgan fingerprint density at radius 2 is 1.42 bits per heavy atom. The monoisotopic (exact) mass is 420 g/mol. The van der Waals surface area contributed by atoms with Crippen molar-refractivity contribution in [3.05, 3.63) is 82.9 Å². The number of benzene rings is 2. The fourth-order valence-electron chi connectivity index (χ4n) is 5.69. The molecule has 0 fully saturated rings. The molecule has 7 nitrogen and oxygen atoms in total. The number of aryl methyl sites for hydroxylation is 2. The molecular formula is C24H24N2O5. The van der Waals surface area contributed by atoms with Crippen LogP contribution in [0.2, 0.25) is 0 Å². The van der Waals surface area contributed by atoms with Crippen LogP contribution in [0.1, 0.15) is 69.9 Å². The molecule has 0 aromatic heterocycles. The van der Waals surface area contributed by atoms with Crippen molar-refractivity contribution in [3.63, 3.8) is 0 Å². The van der Waals surface area contributed by atoms with E-state index in [2.05, 4.69) is 6.07 Å². The summed E-state index contributed by atoms with van der Waals surface area (Å²) < 4.78 is 0. The van der Waals surface area contributed by atoms with Crippen LogP contribution in [0.3, 0.4) is 0 Å². The van der Waals surface area contributed by atoms with E-state index in [9.17, 15) is 25.3 Å². The first-order valence-corrected chi connectivity index (χ1v) is 10.9. The Bertz CT molecular complexity index is 1150. The van der Waals surface area contributed by atoms with Crippen LogP contribution < -0.4 is 0 Å². The molecular weight excluding hydrogens is 396 g/mol. The van der Waals surface area contributed by atoms with Crippen molar-refractivity contribution in [1.29, 1.82) is 0 Å². The van der Waals surface area contributed by atoms with E-state index in [-0.39, 0.29) is 9.85 Å². The molecule has 2 aromatic rings. The molecule has 0 spiro atoms. The van der Waals surface area contributed by atoms with E-state index in [1.165, 1.54) is 5.56 Å². The average Bonchev–Trinajstić information content (AvgIpc) is 3.51. The maximum Gasteiger partial charge on any atom is 0.276 e. The van der Waals surface area contributed by atoms with Gasteiger partial charge < -0.3 is 5.11 Å². The van der Waals surface area contributed by atoms with Gasteiger partial charge in [0.2, 0.25) is 0 Å². The Morgan fingerprint density at radius 1 is 0.806 bits per heavy atom. The minimum absolute atomic E-state index is 0.198. The maximum absolute atomic E-state index is 11.2. The van der Waals surface area contributed by atoms with Crippen molar-refractivity contribution in [2.45, 2.75) is 63.9 Å². The molecule has 1 unspecified atom stereocenters. The highest BCUT2D eigenvalue weighted by Gasteiger charge is 2.34. The highest BCUT2D eigenvalue weighted by atomic mass is 16.6. The van der Waals surface area contributed by atoms with Crippen LogP contribution in [0.15, 0.2) is 18.2 Å². The molecule has 0 bridgehead atoms. The number of hydrogen-bond donors (Lipinski definition) is 1. The Hall–Kier alpha value is -3.06. The van der Waals surface area contributed by atoms with E-state index >= 15 is 0 Å². The van der Waals surface area contributed by atoms with E-state index in [1.54, 1.807) is 0 Å². The molecule has 2 aromatic carbocycles. The number of aliphatic hydroxyl groups excluding tert-OH is 1. The minimum atomic E-state index is -0.500. The third-order valence-electron chi connectivity index (χ3n) is 7.03. The van der Waals surface area contributed by atoms with Crippen LogP contribution in [0, 0.1) is 20.2 Å². The molecule has 0 amide bonds. The highest BCUT2D eigenvalue weighted by molar-refractivity contribution is 5.70. The molecule has 7 heteroatoms. The Morgan fingerprint density at radius 3 is 2.06 bits per heavy atom. The van der Waals surface area contributed by atoms with Crippen LogP contribution in [-0.4, -0.2) is 15.0 Å². The van der Waals surface area contributed by atoms with Gasteiger partial charge in [0.15, 0.2) is 0 Å². The van der Waals surface area contributed by atoms with E-state index in [0.717, 1.165) is 83.9 Å². The van der Waals surface area contributed by atoms with E-state index in [4.69, 9.17) is 0 Å². The van der Waals surface area contributed by atoms with Gasteiger partial charge in [0.25, 0.3) is 11.4 Å². The lowest BCUT2D eigenvalue weighted by Gasteiger charge is -2.09. The zero-order chi connectivity index (χ0) is 21.7. The van der Waals surface area contributed by atoms with Gasteiger partial charge in [-0.05, 0) is 80.0 Å². The zero-order valence-corrected chi connectivity index (χ0v) is 17.2. The minimum Gasteiger partial charge on any atom is -0.388 e. The first-order valence-electron chi connectivity index (χ1n) is 10.9. The lowest BCUT2D eigenvalue weighted by atomic mass is 9.98. The first kappa shape index (κ1) is 19.9. The predicted octanol–water partition coefficient (Wildman–Crippen LogP) is 4.72. The molecule has 6 rings (SSSR count). The SMILES string of the molecule is O=[N+]([O-])c1c2c(cc3c1CCC3)C=CC2.O=[N+]([O-])c1c2c(cc3c1CCC3O)CCC2. The summed E-state index contributed by atoms with van der Waals surface area (Å²) in [6, 6.07) is 4.12. The summed E-state index contributed by atoms with van der Waals surface area (Å²) in [6.07, 6.45) is 11.1. The summed E-state index contributed by atoms with van der Waals surface area (Å²) in [5.74, 6) is 0. The third-order valence-corrected chi connectivity index (χ3v) is 7.03. The molecule has 31 heavy (non-hydrogen) atoms. The van der Waals surface area contributed by atoms with Crippen molar-refractivity contribution in [1.82, 2.24) is 0 Å². The van der Waals surface area contributed by atoms with Gasteiger partial charge >= 0.3 is 0 Å². The number of nitrogens with zero attached hydrogens (tertiary/aromatic N) is 2. The van der Waals surface area contributed by atoms with Gasteiger partial charge in [-0.2, -0.15) is 0 Å². The lowest BCUT2D eigenvalue weighted by Crippen LogP contribution is -2.01. The van der Waals surface area contributed by atoms with Crippen LogP contribution in [0.5, 0.6) is 0 Å². The van der Waals surface area contributed by atoms with Gasteiger partial charge in [0, 0.05) is 22.3 Å². The maximum atomic E-state index is 11.2. The van der Waals surface area contributed by atoms with Gasteiger partial charge in [-0.3, -0.25) is 20.2 Å². The number of fused-ring (bicyclic) bond motifs is 4. The highest BCUT2D eigenvalue weighted by Crippen LogP contribution is 2.43. The first-order chi connectivity index (χ1) is 15.0. The van der Waals surface area contributed by atoms with Gasteiger partial charge in [-0.25, -0.2) is 0 Å². The molecule has 0 radical (unpaired) electrons. The smallest absolute Gasteiger partial charge is 0.276 e. The second-order valence-corrected chi connectivity index (χ2v) is 8.74. The number of hydrogen-bond acceptors (Lipinski definition) is 5. The van der Waals surface area contributed by atoms with E-state index < -0.39 is 6.10 Å². The van der Waals surface area contributed by atoms with E-state index in [1.807, 2.05) is 18.2 Å². The molecule has 160 valence electrons. The van der Waals surface area contributed by atoms with Crippen LogP contribution in [0.4, 0.5) is 11.4 Å². The number of aliphatic hydroxyl groups is 1. The summed E-state index contributed by atoms with van der Waals surface area (Å²) >= 11 is 0. The summed E-state index contributed by atoms with van der Waals surface area (Å²) in [4.78, 5) is 21.8. The molecule has 1 atom stereocenters. The topological polar surface area (TPSA) is 107 Å². The molecule has 0 heterocycles. The summed E-state index contributed by atoms with van der Waals surface area (Å²) in [7, 11) is 0. The van der Waals surface area contributed by atoms with Crippen LogP contribution >= 0.6 is 0 Å². The standard InChI is InChI=1S/C12H13NO3.C12H11NO2/c14-11-5-4-9-10(11)6-7-2-1-3-8(7)12(9)13(15)16;14-13(15)12-10-5-1-3-8(10)7-9-4-2-6-11(9)12/h6,11,14H,1-5H2;1,3,7H,2,4-6H2. The molecule has 0 saturated carbocycles. The van der Waals surface area contributed by atoms with Crippen LogP contribution in [-0.2, 0) is 38.5 Å². The zero-order valence-electron chi connectivity index (χ0n) is 17.2. The van der Waals surface area contributed by atoms with Gasteiger partial charge in [0.1, 0.15) is 0 Å². The fraction of sp³-hybridized carbons (Fsp3) is 0.417. The molecule has 4 aliphatic rings. The van der Waals surface area contributed by atoms with Crippen molar-refractivity contribution in [2.75, 3.05) is 0 Å². The van der Waals surface area contributed by atoms with Crippen molar-refractivity contribution in [2.24, 2.45) is 0 Å². The predicted molar refractivity (Wildman–Crippen MR) is 116 cm³/mol. The van der Waals surface area contributed by atoms with Crippen molar-refractivity contribution in [3.8, 4) is 0 Å². The second kappa shape index (κ2) is 7.57. The molecule has 0 saturated heterocycles. The quantitative estimate of drug-likeness (QED) is 0.559. The van der Waals surface area contributed by atoms with Gasteiger partial charge in [-0.15, -0.1) is 0 Å². The number of nitro groups is 2. The Balaban J connectivity index is 0.000000132. The Kier molecular flexibility index (Phi) is 4.85. The third kappa shape index (κ3) is 3.24. The number of rotatable bonds is 2. The van der Waals surface area contributed by atoms with Gasteiger partial charge in [0.05, 0.1) is 16.0 Å². The fourth-order valence-corrected chi connectivity index (χ4v) is 5.69. The summed E-state index contributed by atoms with van der Waals surface area (Å²) in [5, 5.41) is 32.0. The molecule has 4 aliphatic carbocycles. The molecule has 1 N–H and O–H groups in total. The largest absolute Gasteiger partial charge is 0.388 e. The van der Waals surface area contributed by atoms with Crippen LogP contribution in [0.25, 0.3) is 6.08 Å². The second-order valence-electron chi connectivity index (χ2n) is 8.74. The summed E-state index contributed by atoms with van der Waals surface area (Å²) in [6.45, 7) is 0. The van der Waals surface area contributed by atoms with Crippen molar-refractivity contribution < 1.29 is 15.0 Å². The number of nitro benzene ring substituents is 2. The average molecular weight is 420 g/mol. The van der Waals surface area contributed by atoms with Gasteiger partial charge in [-0.1, -0.05) is 24.3 Å². The number of allylic oxidation sites excluding steroid dienone is 1. The lowest BCUT2D eigenvalue weighted by molar-refractivity contribution is -0.386. The normalized spacial score (nSPS) is 19.3. The Labute approximate surface area is 179 Å². The van der Waals surface area contributed by atoms with E-state index in [0.29, 0.717) is 24.2 Å². The van der Waals surface area contributed by atoms with Crippen molar-refractivity contribution >= 4 is 17.5 Å². The summed E-state index contributed by atoms with van der Waals surface area (Å²) in [5.41, 5.74) is 8.40. The molecule has 0 aliphatic heterocycles.